The van der Waals surface area contributed by atoms with Crippen LogP contribution in [0.1, 0.15) is 5.69 Å². The van der Waals surface area contributed by atoms with Crippen molar-refractivity contribution in [1.82, 2.24) is 4.98 Å². The Morgan fingerprint density at radius 3 is 2.56 bits per heavy atom. The predicted molar refractivity (Wildman–Crippen MR) is 55.0 cm³/mol. The third-order valence-corrected chi connectivity index (χ3v) is 2.06. The minimum atomic E-state index is -4.97. The molecule has 0 amide bonds. The van der Waals surface area contributed by atoms with Gasteiger partial charge < -0.3 is 4.74 Å². The zero-order chi connectivity index (χ0) is 12.5. The number of nitrogens with zero attached hydrogens (tertiary/aromatic N) is 2. The first kappa shape index (κ1) is 12.9. The Kier molecular flexibility index (Phi) is 3.55. The van der Waals surface area contributed by atoms with Crippen LogP contribution in [0.2, 0.25) is 0 Å². The summed E-state index contributed by atoms with van der Waals surface area (Å²) in [5.41, 5.74) is -0.908. The fourth-order valence-corrected chi connectivity index (χ4v) is 1.67. The maximum absolute atomic E-state index is 12.0. The Labute approximate surface area is 101 Å². The SMILES string of the molecule is Cc1nc(I)cc(OC(F)(F)F)c1[N+](=O)[O-]. The molecule has 0 unspecified atom stereocenters. The second-order valence-electron chi connectivity index (χ2n) is 2.68. The topological polar surface area (TPSA) is 65.3 Å². The quantitative estimate of drug-likeness (QED) is 0.357. The third-order valence-electron chi connectivity index (χ3n) is 1.51. The van der Waals surface area contributed by atoms with E-state index < -0.39 is 22.7 Å². The van der Waals surface area contributed by atoms with E-state index in [0.29, 0.717) is 0 Å². The fraction of sp³-hybridized carbons (Fsp3) is 0.286. The van der Waals surface area contributed by atoms with Gasteiger partial charge in [-0.2, -0.15) is 0 Å². The lowest BCUT2D eigenvalue weighted by molar-refractivity contribution is -0.389. The minimum Gasteiger partial charge on any atom is -0.398 e. The highest BCUT2D eigenvalue weighted by Gasteiger charge is 2.35. The van der Waals surface area contributed by atoms with Gasteiger partial charge in [-0.05, 0) is 29.5 Å². The van der Waals surface area contributed by atoms with Crippen molar-refractivity contribution >= 4 is 28.3 Å². The van der Waals surface area contributed by atoms with Gasteiger partial charge in [-0.15, -0.1) is 13.2 Å². The molecule has 5 nitrogen and oxygen atoms in total. The molecule has 0 spiro atoms. The number of aromatic nitrogens is 1. The van der Waals surface area contributed by atoms with E-state index in [9.17, 15) is 23.3 Å². The molecule has 0 fully saturated rings. The largest absolute Gasteiger partial charge is 0.573 e. The van der Waals surface area contributed by atoms with E-state index in [1.54, 1.807) is 22.6 Å². The second kappa shape index (κ2) is 4.39. The average molecular weight is 348 g/mol. The highest BCUT2D eigenvalue weighted by Crippen LogP contribution is 2.34. The van der Waals surface area contributed by atoms with Crippen molar-refractivity contribution in [3.8, 4) is 5.75 Å². The van der Waals surface area contributed by atoms with Crippen LogP contribution in [-0.4, -0.2) is 16.3 Å². The first-order chi connectivity index (χ1) is 7.20. The van der Waals surface area contributed by atoms with Crippen molar-refractivity contribution < 1.29 is 22.8 Å². The Morgan fingerprint density at radius 2 is 2.12 bits per heavy atom. The molecule has 0 N–H and O–H groups in total. The molecule has 1 aromatic heterocycles. The zero-order valence-electron chi connectivity index (χ0n) is 7.71. The molecule has 0 radical (unpaired) electrons. The van der Waals surface area contributed by atoms with Gasteiger partial charge in [0, 0.05) is 6.07 Å². The van der Waals surface area contributed by atoms with E-state index in [-0.39, 0.29) is 9.39 Å². The van der Waals surface area contributed by atoms with Crippen molar-refractivity contribution in [2.45, 2.75) is 13.3 Å². The molecule has 0 aliphatic rings. The van der Waals surface area contributed by atoms with E-state index in [2.05, 4.69) is 9.72 Å². The van der Waals surface area contributed by atoms with Crippen LogP contribution in [0.25, 0.3) is 0 Å². The summed E-state index contributed by atoms with van der Waals surface area (Å²) in [6.45, 7) is 1.24. The number of alkyl halides is 3. The number of hydrogen-bond donors (Lipinski definition) is 0. The van der Waals surface area contributed by atoms with Crippen LogP contribution in [-0.2, 0) is 0 Å². The number of pyridine rings is 1. The van der Waals surface area contributed by atoms with Crippen LogP contribution in [0.5, 0.6) is 5.75 Å². The highest BCUT2D eigenvalue weighted by molar-refractivity contribution is 14.1. The lowest BCUT2D eigenvalue weighted by Crippen LogP contribution is -2.18. The fourth-order valence-electron chi connectivity index (χ4n) is 1.02. The third kappa shape index (κ3) is 3.18. The molecule has 88 valence electrons. The van der Waals surface area contributed by atoms with Crippen LogP contribution in [0.3, 0.4) is 0 Å². The Bertz CT molecular complexity index is 436. The summed E-state index contributed by atoms with van der Waals surface area (Å²) in [5, 5.41) is 10.6. The van der Waals surface area contributed by atoms with Crippen molar-refractivity contribution in [2.24, 2.45) is 0 Å². The van der Waals surface area contributed by atoms with Crippen LogP contribution < -0.4 is 4.74 Å². The van der Waals surface area contributed by atoms with E-state index >= 15 is 0 Å². The van der Waals surface area contributed by atoms with Crippen molar-refractivity contribution in [3.05, 3.63) is 25.6 Å². The Morgan fingerprint density at radius 1 is 1.56 bits per heavy atom. The molecule has 16 heavy (non-hydrogen) atoms. The monoisotopic (exact) mass is 348 g/mol. The van der Waals surface area contributed by atoms with Crippen molar-refractivity contribution in [3.63, 3.8) is 0 Å². The molecule has 0 aliphatic carbocycles. The molecular formula is C7H4F3IN2O3. The lowest BCUT2D eigenvalue weighted by Gasteiger charge is -2.10. The maximum atomic E-state index is 12.0. The van der Waals surface area contributed by atoms with Gasteiger partial charge in [-0.25, -0.2) is 4.98 Å². The van der Waals surface area contributed by atoms with Crippen LogP contribution in [0.15, 0.2) is 6.07 Å². The second-order valence-corrected chi connectivity index (χ2v) is 3.79. The summed E-state index contributed by atoms with van der Waals surface area (Å²) in [6, 6.07) is 0.860. The predicted octanol–water partition coefficient (Wildman–Crippen LogP) is 2.80. The van der Waals surface area contributed by atoms with E-state index in [0.717, 1.165) is 6.07 Å². The molecular weight excluding hydrogens is 344 g/mol. The van der Waals surface area contributed by atoms with Gasteiger partial charge in [0.25, 0.3) is 0 Å². The molecule has 0 saturated heterocycles. The number of aryl methyl sites for hydroxylation is 1. The van der Waals surface area contributed by atoms with Gasteiger partial charge >= 0.3 is 12.0 Å². The number of halogens is 4. The molecule has 1 aromatic rings. The summed E-state index contributed by atoms with van der Waals surface area (Å²) >= 11 is 1.64. The summed E-state index contributed by atoms with van der Waals surface area (Å²) in [6.07, 6.45) is -4.97. The first-order valence-corrected chi connectivity index (χ1v) is 4.86. The average Bonchev–Trinajstić information content (AvgIpc) is 1.96. The molecule has 0 bridgehead atoms. The Balaban J connectivity index is 3.30. The number of rotatable bonds is 2. The molecule has 0 aliphatic heterocycles. The summed E-state index contributed by atoms with van der Waals surface area (Å²) in [4.78, 5) is 13.3. The standard InChI is InChI=1S/C7H4F3IN2O3/c1-3-6(13(14)15)4(2-5(11)12-3)16-7(8,9)10/h2H,1H3. The Hall–Kier alpha value is -1.13. The lowest BCUT2D eigenvalue weighted by atomic mass is 10.3. The van der Waals surface area contributed by atoms with Gasteiger partial charge in [0.15, 0.2) is 0 Å². The van der Waals surface area contributed by atoms with Gasteiger partial charge in [-0.3, -0.25) is 10.1 Å². The first-order valence-electron chi connectivity index (χ1n) is 3.78. The minimum absolute atomic E-state index is 0.129. The normalized spacial score (nSPS) is 11.3. The van der Waals surface area contributed by atoms with Gasteiger partial charge in [0.2, 0.25) is 5.75 Å². The number of nitro groups is 1. The summed E-state index contributed by atoms with van der Waals surface area (Å²) in [7, 11) is 0. The number of hydrogen-bond acceptors (Lipinski definition) is 4. The van der Waals surface area contributed by atoms with Crippen LogP contribution in [0, 0.1) is 20.7 Å². The molecule has 1 rings (SSSR count). The van der Waals surface area contributed by atoms with Crippen molar-refractivity contribution in [2.75, 3.05) is 0 Å². The number of ether oxygens (including phenoxy) is 1. The van der Waals surface area contributed by atoms with E-state index in [4.69, 9.17) is 0 Å². The van der Waals surface area contributed by atoms with Crippen LogP contribution in [0.4, 0.5) is 18.9 Å². The molecule has 1 heterocycles. The maximum Gasteiger partial charge on any atom is 0.573 e. The van der Waals surface area contributed by atoms with Gasteiger partial charge in [-0.1, -0.05) is 0 Å². The smallest absolute Gasteiger partial charge is 0.398 e. The van der Waals surface area contributed by atoms with E-state index in [1.807, 2.05) is 0 Å². The van der Waals surface area contributed by atoms with Gasteiger partial charge in [0.05, 0.1) is 4.92 Å². The molecule has 9 heteroatoms. The summed E-state index contributed by atoms with van der Waals surface area (Å²) in [5.74, 6) is -0.852. The van der Waals surface area contributed by atoms with E-state index in [1.165, 1.54) is 6.92 Å². The summed E-state index contributed by atoms with van der Waals surface area (Å²) < 4.78 is 39.7. The zero-order valence-corrected chi connectivity index (χ0v) is 9.87. The molecule has 0 aromatic carbocycles. The van der Waals surface area contributed by atoms with Crippen LogP contribution >= 0.6 is 22.6 Å². The molecule has 0 saturated carbocycles. The molecule has 0 atom stereocenters. The highest BCUT2D eigenvalue weighted by atomic mass is 127. The van der Waals surface area contributed by atoms with Gasteiger partial charge in [0.1, 0.15) is 9.39 Å². The van der Waals surface area contributed by atoms with Crippen molar-refractivity contribution in [1.29, 1.82) is 0 Å².